The number of carbonyl (C=O) groups excluding carboxylic acids is 3. The number of rotatable bonds is 3. The van der Waals surface area contributed by atoms with Crippen LogP contribution >= 0.6 is 11.6 Å². The molecular weight excluding hydrogens is 301 g/mol. The lowest BCUT2D eigenvalue weighted by Gasteiger charge is -2.15. The molecule has 1 aromatic carbocycles. The number of urea groups is 1. The van der Waals surface area contributed by atoms with Gasteiger partial charge in [0.15, 0.2) is 0 Å². The topological polar surface area (TPSA) is 78.5 Å². The van der Waals surface area contributed by atoms with Crippen molar-refractivity contribution >= 4 is 35.1 Å². The van der Waals surface area contributed by atoms with Crippen LogP contribution < -0.4 is 10.6 Å². The quantitative estimate of drug-likeness (QED) is 0.834. The number of imide groups is 1. The van der Waals surface area contributed by atoms with Crippen LogP contribution in [0.2, 0.25) is 5.02 Å². The Labute approximate surface area is 125 Å². The van der Waals surface area contributed by atoms with Crippen LogP contribution in [-0.2, 0) is 9.59 Å². The zero-order valence-corrected chi connectivity index (χ0v) is 12.1. The molecule has 1 aliphatic rings. The normalized spacial score (nSPS) is 16.9. The highest BCUT2D eigenvalue weighted by Gasteiger charge is 2.44. The van der Waals surface area contributed by atoms with E-state index in [1.807, 2.05) is 0 Å². The highest BCUT2D eigenvalue weighted by Crippen LogP contribution is 2.20. The molecule has 0 atom stereocenters. The Morgan fingerprint density at radius 3 is 2.62 bits per heavy atom. The maximum Gasteiger partial charge on any atom is 0.325 e. The Balaban J connectivity index is 2.04. The Morgan fingerprint density at radius 2 is 2.10 bits per heavy atom. The maximum atomic E-state index is 13.0. The summed E-state index contributed by atoms with van der Waals surface area (Å²) >= 11 is 5.60. The van der Waals surface area contributed by atoms with E-state index in [-0.39, 0.29) is 10.7 Å². The zero-order chi connectivity index (χ0) is 15.8. The lowest BCUT2D eigenvalue weighted by Crippen LogP contribution is -2.41. The molecule has 4 amide bonds. The molecule has 2 rings (SSSR count). The highest BCUT2D eigenvalue weighted by molar-refractivity contribution is 6.31. The van der Waals surface area contributed by atoms with Crippen molar-refractivity contribution in [2.24, 2.45) is 0 Å². The Hall–Kier alpha value is -2.15. The van der Waals surface area contributed by atoms with Gasteiger partial charge in [-0.05, 0) is 32.0 Å². The number of carbonyl (C=O) groups is 3. The van der Waals surface area contributed by atoms with Gasteiger partial charge in [0, 0.05) is 5.69 Å². The van der Waals surface area contributed by atoms with Crippen molar-refractivity contribution in [1.82, 2.24) is 10.2 Å². The van der Waals surface area contributed by atoms with Gasteiger partial charge < -0.3 is 10.6 Å². The van der Waals surface area contributed by atoms with Crippen LogP contribution in [0.4, 0.5) is 14.9 Å². The number of hydrogen-bond donors (Lipinski definition) is 2. The molecule has 0 aromatic heterocycles. The van der Waals surface area contributed by atoms with Gasteiger partial charge in [-0.3, -0.25) is 14.5 Å². The number of anilines is 1. The first-order chi connectivity index (χ1) is 9.70. The largest absolute Gasteiger partial charge is 0.325 e. The van der Waals surface area contributed by atoms with Crippen molar-refractivity contribution in [2.75, 3.05) is 11.9 Å². The monoisotopic (exact) mass is 313 g/mol. The summed E-state index contributed by atoms with van der Waals surface area (Å²) in [5.41, 5.74) is -0.756. The Morgan fingerprint density at radius 1 is 1.43 bits per heavy atom. The molecule has 8 heteroatoms. The molecule has 21 heavy (non-hydrogen) atoms. The van der Waals surface area contributed by atoms with Crippen LogP contribution in [0, 0.1) is 5.82 Å². The summed E-state index contributed by atoms with van der Waals surface area (Å²) in [6.45, 7) is 2.67. The summed E-state index contributed by atoms with van der Waals surface area (Å²) in [6.07, 6.45) is 0. The van der Waals surface area contributed by atoms with Crippen molar-refractivity contribution < 1.29 is 18.8 Å². The molecule has 1 heterocycles. The predicted octanol–water partition coefficient (Wildman–Crippen LogP) is 1.75. The van der Waals surface area contributed by atoms with Crippen molar-refractivity contribution in [3.05, 3.63) is 29.0 Å². The van der Waals surface area contributed by atoms with Gasteiger partial charge in [-0.2, -0.15) is 0 Å². The molecule has 112 valence electrons. The molecule has 0 spiro atoms. The first-order valence-corrected chi connectivity index (χ1v) is 6.47. The van der Waals surface area contributed by atoms with Gasteiger partial charge in [0.1, 0.15) is 17.9 Å². The van der Waals surface area contributed by atoms with Crippen LogP contribution in [0.1, 0.15) is 13.8 Å². The van der Waals surface area contributed by atoms with Gasteiger partial charge in [0.2, 0.25) is 5.91 Å². The van der Waals surface area contributed by atoms with Crippen LogP contribution in [0.15, 0.2) is 18.2 Å². The second kappa shape index (κ2) is 5.33. The van der Waals surface area contributed by atoms with E-state index in [0.717, 1.165) is 11.0 Å². The fourth-order valence-corrected chi connectivity index (χ4v) is 2.06. The molecule has 1 aromatic rings. The number of nitrogens with one attached hydrogen (secondary N) is 2. The van der Waals surface area contributed by atoms with Crippen LogP contribution in [-0.4, -0.2) is 34.8 Å². The Bertz CT molecular complexity index is 633. The molecular formula is C13H13ClFN3O3. The van der Waals surface area contributed by atoms with E-state index in [1.165, 1.54) is 12.1 Å². The molecule has 1 saturated heterocycles. The second-order valence-corrected chi connectivity index (χ2v) is 5.53. The molecule has 0 bridgehead atoms. The van der Waals surface area contributed by atoms with Gasteiger partial charge in [-0.15, -0.1) is 0 Å². The molecule has 0 unspecified atom stereocenters. The lowest BCUT2D eigenvalue weighted by atomic mass is 10.1. The number of hydrogen-bond acceptors (Lipinski definition) is 3. The Kier molecular flexibility index (Phi) is 3.87. The first kappa shape index (κ1) is 15.2. The molecule has 6 nitrogen and oxygen atoms in total. The average Bonchev–Trinajstić information content (AvgIpc) is 2.56. The lowest BCUT2D eigenvalue weighted by molar-refractivity contribution is -0.132. The summed E-state index contributed by atoms with van der Waals surface area (Å²) < 4.78 is 13.0. The summed E-state index contributed by atoms with van der Waals surface area (Å²) in [5, 5.41) is 4.77. The standard InChI is InChI=1S/C13H13ClFN3O3/c1-13(2)11(20)18(12(21)17-13)6-10(19)16-7-3-4-9(15)8(14)5-7/h3-5H,6H2,1-2H3,(H,16,19)(H,17,21). The van der Waals surface area contributed by atoms with E-state index in [2.05, 4.69) is 10.6 Å². The minimum atomic E-state index is -1.03. The SMILES string of the molecule is CC1(C)NC(=O)N(CC(=O)Nc2ccc(F)c(Cl)c2)C1=O. The fourth-order valence-electron chi connectivity index (χ4n) is 1.88. The van der Waals surface area contributed by atoms with Crippen molar-refractivity contribution in [3.63, 3.8) is 0 Å². The second-order valence-electron chi connectivity index (χ2n) is 5.12. The van der Waals surface area contributed by atoms with Gasteiger partial charge in [0.05, 0.1) is 5.02 Å². The van der Waals surface area contributed by atoms with Gasteiger partial charge in [0.25, 0.3) is 5.91 Å². The van der Waals surface area contributed by atoms with E-state index >= 15 is 0 Å². The van der Waals surface area contributed by atoms with Crippen LogP contribution in [0.25, 0.3) is 0 Å². The van der Waals surface area contributed by atoms with E-state index < -0.39 is 35.7 Å². The molecule has 1 fully saturated rings. The smallest absolute Gasteiger partial charge is 0.324 e. The number of halogens is 2. The fraction of sp³-hybridized carbons (Fsp3) is 0.308. The van der Waals surface area contributed by atoms with Gasteiger partial charge >= 0.3 is 6.03 Å². The van der Waals surface area contributed by atoms with Crippen LogP contribution in [0.5, 0.6) is 0 Å². The zero-order valence-electron chi connectivity index (χ0n) is 11.4. The molecule has 0 radical (unpaired) electrons. The first-order valence-electron chi connectivity index (χ1n) is 6.10. The minimum absolute atomic E-state index is 0.135. The number of benzene rings is 1. The third-order valence-corrected chi connectivity index (χ3v) is 3.24. The minimum Gasteiger partial charge on any atom is -0.324 e. The third kappa shape index (κ3) is 3.13. The summed E-state index contributed by atoms with van der Waals surface area (Å²) in [5.74, 6) is -1.68. The predicted molar refractivity (Wildman–Crippen MR) is 74.4 cm³/mol. The van der Waals surface area contributed by atoms with Gasteiger partial charge in [-0.1, -0.05) is 11.6 Å². The van der Waals surface area contributed by atoms with Gasteiger partial charge in [-0.25, -0.2) is 9.18 Å². The molecule has 0 aliphatic carbocycles. The van der Waals surface area contributed by atoms with E-state index in [1.54, 1.807) is 13.8 Å². The molecule has 0 saturated carbocycles. The maximum absolute atomic E-state index is 13.0. The third-order valence-electron chi connectivity index (χ3n) is 2.95. The summed E-state index contributed by atoms with van der Waals surface area (Å²) in [7, 11) is 0. The summed E-state index contributed by atoms with van der Waals surface area (Å²) in [6, 6.07) is 3.05. The number of nitrogens with zero attached hydrogens (tertiary/aromatic N) is 1. The highest BCUT2D eigenvalue weighted by atomic mass is 35.5. The van der Waals surface area contributed by atoms with Crippen molar-refractivity contribution in [1.29, 1.82) is 0 Å². The van der Waals surface area contributed by atoms with Crippen molar-refractivity contribution in [2.45, 2.75) is 19.4 Å². The van der Waals surface area contributed by atoms with E-state index in [0.29, 0.717) is 0 Å². The summed E-state index contributed by atoms with van der Waals surface area (Å²) in [4.78, 5) is 36.2. The average molecular weight is 314 g/mol. The molecule has 2 N–H and O–H groups in total. The molecule has 1 aliphatic heterocycles. The van der Waals surface area contributed by atoms with E-state index in [9.17, 15) is 18.8 Å². The van der Waals surface area contributed by atoms with Crippen molar-refractivity contribution in [3.8, 4) is 0 Å². The van der Waals surface area contributed by atoms with Crippen LogP contribution in [0.3, 0.4) is 0 Å². The van der Waals surface area contributed by atoms with E-state index in [4.69, 9.17) is 11.6 Å². The number of amides is 4.